The predicted molar refractivity (Wildman–Crippen MR) is 74.0 cm³/mol. The molecule has 2 rings (SSSR count). The molecule has 2 aromatic rings. The second kappa shape index (κ2) is 5.53. The Labute approximate surface area is 121 Å². The number of hydrogen-bond donors (Lipinski definition) is 0. The Morgan fingerprint density at radius 3 is 2.37 bits per heavy atom. The number of benzene rings is 1. The van der Waals surface area contributed by atoms with E-state index in [1.807, 2.05) is 0 Å². The summed E-state index contributed by atoms with van der Waals surface area (Å²) >= 11 is 11.9. The fourth-order valence-electron chi connectivity index (χ4n) is 1.65. The van der Waals surface area contributed by atoms with Gasteiger partial charge >= 0.3 is 0 Å². The highest BCUT2D eigenvalue weighted by atomic mass is 35.5. The second-order valence-corrected chi connectivity index (χ2v) is 7.04. The summed E-state index contributed by atoms with van der Waals surface area (Å²) in [6.45, 7) is 1.70. The molecule has 4 nitrogen and oxygen atoms in total. The van der Waals surface area contributed by atoms with Crippen LogP contribution in [0.15, 0.2) is 28.8 Å². The van der Waals surface area contributed by atoms with Gasteiger partial charge in [-0.15, -0.1) is 0 Å². The molecule has 0 saturated heterocycles. The third-order valence-electron chi connectivity index (χ3n) is 2.47. The molecular formula is C12H11Cl2NO3S. The minimum Gasteiger partial charge on any atom is -0.361 e. The summed E-state index contributed by atoms with van der Waals surface area (Å²) in [6.07, 6.45) is 0. The molecule has 1 aromatic heterocycles. The Morgan fingerprint density at radius 1 is 1.21 bits per heavy atom. The smallest absolute Gasteiger partial charge is 0.160 e. The highest BCUT2D eigenvalue weighted by Crippen LogP contribution is 2.27. The molecule has 102 valence electrons. The standard InChI is InChI=1S/C12H11Cl2NO3S/c1-8-5-9(15-18-8)6-19(16,17)7-10-11(13)3-2-4-12(10)14/h2-5H,6-7H2,1H3. The van der Waals surface area contributed by atoms with Crippen LogP contribution in [0.5, 0.6) is 0 Å². The average Bonchev–Trinajstić information content (AvgIpc) is 2.69. The van der Waals surface area contributed by atoms with Crippen LogP contribution in [0.3, 0.4) is 0 Å². The normalized spacial score (nSPS) is 11.7. The SMILES string of the molecule is Cc1cc(CS(=O)(=O)Cc2c(Cl)cccc2Cl)no1. The van der Waals surface area contributed by atoms with E-state index in [2.05, 4.69) is 5.16 Å². The van der Waals surface area contributed by atoms with Crippen molar-refractivity contribution >= 4 is 33.0 Å². The second-order valence-electron chi connectivity index (χ2n) is 4.16. The first-order valence-corrected chi connectivity index (χ1v) is 8.00. The molecule has 0 radical (unpaired) electrons. The molecule has 0 aliphatic carbocycles. The fraction of sp³-hybridized carbons (Fsp3) is 0.250. The molecule has 0 spiro atoms. The van der Waals surface area contributed by atoms with Gasteiger partial charge in [-0.3, -0.25) is 0 Å². The van der Waals surface area contributed by atoms with Crippen molar-refractivity contribution in [2.24, 2.45) is 0 Å². The summed E-state index contributed by atoms with van der Waals surface area (Å²) in [5.74, 6) is 0.143. The largest absolute Gasteiger partial charge is 0.361 e. The van der Waals surface area contributed by atoms with Crippen LogP contribution >= 0.6 is 23.2 Å². The van der Waals surface area contributed by atoms with E-state index in [1.165, 1.54) is 0 Å². The van der Waals surface area contributed by atoms with Crippen molar-refractivity contribution in [1.82, 2.24) is 5.16 Å². The summed E-state index contributed by atoms with van der Waals surface area (Å²) in [5, 5.41) is 4.35. The van der Waals surface area contributed by atoms with Crippen LogP contribution in [0, 0.1) is 6.92 Å². The van der Waals surface area contributed by atoms with E-state index in [9.17, 15) is 8.42 Å². The minimum atomic E-state index is -3.41. The van der Waals surface area contributed by atoms with Gasteiger partial charge in [-0.2, -0.15) is 0 Å². The van der Waals surface area contributed by atoms with Gasteiger partial charge in [-0.25, -0.2) is 8.42 Å². The maximum absolute atomic E-state index is 12.1. The molecule has 0 aliphatic heterocycles. The topological polar surface area (TPSA) is 60.2 Å². The van der Waals surface area contributed by atoms with Crippen LogP contribution in [0.25, 0.3) is 0 Å². The van der Waals surface area contributed by atoms with Gasteiger partial charge < -0.3 is 4.52 Å². The van der Waals surface area contributed by atoms with Gasteiger partial charge in [0.2, 0.25) is 0 Å². The van der Waals surface area contributed by atoms with Gasteiger partial charge in [0.05, 0.1) is 17.2 Å². The lowest BCUT2D eigenvalue weighted by Crippen LogP contribution is -2.08. The van der Waals surface area contributed by atoms with Gasteiger partial charge in [0.25, 0.3) is 0 Å². The number of halogens is 2. The third-order valence-corrected chi connectivity index (χ3v) is 4.64. The van der Waals surface area contributed by atoms with Crippen LogP contribution in [0.1, 0.15) is 17.0 Å². The molecule has 7 heteroatoms. The van der Waals surface area contributed by atoms with Crippen molar-refractivity contribution in [3.8, 4) is 0 Å². The highest BCUT2D eigenvalue weighted by molar-refractivity contribution is 7.89. The van der Waals surface area contributed by atoms with E-state index in [1.54, 1.807) is 31.2 Å². The minimum absolute atomic E-state index is 0.202. The highest BCUT2D eigenvalue weighted by Gasteiger charge is 2.19. The maximum Gasteiger partial charge on any atom is 0.160 e. The third kappa shape index (κ3) is 3.72. The van der Waals surface area contributed by atoms with Crippen molar-refractivity contribution < 1.29 is 12.9 Å². The van der Waals surface area contributed by atoms with Crippen molar-refractivity contribution in [3.63, 3.8) is 0 Å². The summed E-state index contributed by atoms with van der Waals surface area (Å²) in [4.78, 5) is 0. The molecule has 1 heterocycles. The maximum atomic E-state index is 12.1. The first-order chi connectivity index (χ1) is 8.87. The number of hydrogen-bond acceptors (Lipinski definition) is 4. The molecular weight excluding hydrogens is 309 g/mol. The van der Waals surface area contributed by atoms with Crippen molar-refractivity contribution in [2.45, 2.75) is 18.4 Å². The van der Waals surface area contributed by atoms with Gasteiger partial charge in [-0.05, 0) is 19.1 Å². The summed E-state index contributed by atoms with van der Waals surface area (Å²) in [7, 11) is -3.41. The fourth-order valence-corrected chi connectivity index (χ4v) is 3.78. The van der Waals surface area contributed by atoms with Gasteiger partial charge in [0.1, 0.15) is 5.76 Å². The molecule has 0 bridgehead atoms. The zero-order chi connectivity index (χ0) is 14.0. The zero-order valence-electron chi connectivity index (χ0n) is 10.1. The number of sulfone groups is 1. The Hall–Kier alpha value is -1.04. The Kier molecular flexibility index (Phi) is 4.18. The van der Waals surface area contributed by atoms with Crippen LogP contribution in [0.2, 0.25) is 10.0 Å². The Bertz CT molecular complexity index is 675. The van der Waals surface area contributed by atoms with E-state index in [-0.39, 0.29) is 11.5 Å². The number of aromatic nitrogens is 1. The lowest BCUT2D eigenvalue weighted by atomic mass is 10.2. The molecule has 0 unspecified atom stereocenters. The van der Waals surface area contributed by atoms with Gasteiger partial charge in [0, 0.05) is 21.7 Å². The summed E-state index contributed by atoms with van der Waals surface area (Å²) in [5.41, 5.74) is 0.784. The first kappa shape index (κ1) is 14.4. The lowest BCUT2D eigenvalue weighted by molar-refractivity contribution is 0.392. The molecule has 19 heavy (non-hydrogen) atoms. The van der Waals surface area contributed by atoms with E-state index >= 15 is 0 Å². The lowest BCUT2D eigenvalue weighted by Gasteiger charge is -2.07. The Balaban J connectivity index is 2.22. The van der Waals surface area contributed by atoms with Crippen LogP contribution in [-0.2, 0) is 21.3 Å². The Morgan fingerprint density at radius 2 is 1.84 bits per heavy atom. The van der Waals surface area contributed by atoms with Crippen molar-refractivity contribution in [1.29, 1.82) is 0 Å². The summed E-state index contributed by atoms with van der Waals surface area (Å²) < 4.78 is 29.0. The van der Waals surface area contributed by atoms with Gasteiger partial charge in [-0.1, -0.05) is 34.4 Å². The molecule has 0 fully saturated rings. The number of aryl methyl sites for hydroxylation is 1. The van der Waals surface area contributed by atoms with Crippen LogP contribution in [0.4, 0.5) is 0 Å². The molecule has 0 amide bonds. The van der Waals surface area contributed by atoms with E-state index in [4.69, 9.17) is 27.7 Å². The average molecular weight is 320 g/mol. The van der Waals surface area contributed by atoms with Crippen molar-refractivity contribution in [3.05, 3.63) is 51.3 Å². The van der Waals surface area contributed by atoms with E-state index in [0.717, 1.165) is 0 Å². The molecule has 0 atom stereocenters. The van der Waals surface area contributed by atoms with Crippen LogP contribution in [-0.4, -0.2) is 13.6 Å². The molecule has 0 aliphatic rings. The van der Waals surface area contributed by atoms with E-state index < -0.39 is 9.84 Å². The molecule has 1 aromatic carbocycles. The quantitative estimate of drug-likeness (QED) is 0.866. The van der Waals surface area contributed by atoms with E-state index in [0.29, 0.717) is 27.1 Å². The summed E-state index contributed by atoms with van der Waals surface area (Å²) in [6, 6.07) is 6.48. The molecule has 0 N–H and O–H groups in total. The van der Waals surface area contributed by atoms with Gasteiger partial charge in [0.15, 0.2) is 9.84 Å². The zero-order valence-corrected chi connectivity index (χ0v) is 12.4. The first-order valence-electron chi connectivity index (χ1n) is 5.43. The van der Waals surface area contributed by atoms with Crippen molar-refractivity contribution in [2.75, 3.05) is 0 Å². The number of nitrogens with zero attached hydrogens (tertiary/aromatic N) is 1. The predicted octanol–water partition coefficient (Wildman–Crippen LogP) is 3.40. The molecule has 0 saturated carbocycles. The van der Waals surface area contributed by atoms with Crippen LogP contribution < -0.4 is 0 Å². The monoisotopic (exact) mass is 319 g/mol. The number of rotatable bonds is 4.